The smallest absolute Gasteiger partial charge is 0.320 e. The summed E-state index contributed by atoms with van der Waals surface area (Å²) in [6.07, 6.45) is 2.50. The molecule has 128 valence electrons. The average Bonchev–Trinajstić information content (AvgIpc) is 3.18. The van der Waals surface area contributed by atoms with E-state index in [4.69, 9.17) is 9.47 Å². The third-order valence-electron chi connectivity index (χ3n) is 4.34. The number of rotatable bonds is 4. The highest BCUT2D eigenvalue weighted by molar-refractivity contribution is 7.09. The zero-order chi connectivity index (χ0) is 16.2. The van der Waals surface area contributed by atoms with Crippen LogP contribution in [0.1, 0.15) is 31.6 Å². The van der Waals surface area contributed by atoms with Gasteiger partial charge in [-0.2, -0.15) is 0 Å². The third kappa shape index (κ3) is 4.46. The van der Waals surface area contributed by atoms with Gasteiger partial charge in [-0.1, -0.05) is 6.07 Å². The van der Waals surface area contributed by atoms with E-state index in [0.717, 1.165) is 19.4 Å². The van der Waals surface area contributed by atoms with Crippen LogP contribution in [-0.2, 0) is 16.0 Å². The van der Waals surface area contributed by atoms with E-state index in [9.17, 15) is 4.79 Å². The first kappa shape index (κ1) is 16.7. The molecule has 2 amide bonds. The molecule has 3 rings (SSSR count). The zero-order valence-electron chi connectivity index (χ0n) is 13.9. The minimum atomic E-state index is 0.0917. The number of carbonyl (C=O) groups is 1. The van der Waals surface area contributed by atoms with Gasteiger partial charge in [-0.3, -0.25) is 0 Å². The first-order valence-electron chi connectivity index (χ1n) is 8.45. The van der Waals surface area contributed by atoms with Crippen LogP contribution in [-0.4, -0.2) is 60.4 Å². The van der Waals surface area contributed by atoms with Gasteiger partial charge in [0.2, 0.25) is 0 Å². The van der Waals surface area contributed by atoms with Gasteiger partial charge in [0.25, 0.3) is 0 Å². The highest BCUT2D eigenvalue weighted by Gasteiger charge is 2.31. The topological polar surface area (TPSA) is 42.0 Å². The standard InChI is InChI=1S/C17H26N2O3S/c1-13-9-18(10-14(2)22-13)17(20)19(11-15-5-3-7-21-15)12-16-6-4-8-23-16/h4,6,8,13-15H,3,5,7,9-12H2,1-2H3/t13-,14-,15+/m1/s1. The van der Waals surface area contributed by atoms with Gasteiger partial charge in [0, 0.05) is 31.1 Å². The van der Waals surface area contributed by atoms with Crippen LogP contribution in [0.3, 0.4) is 0 Å². The zero-order valence-corrected chi connectivity index (χ0v) is 14.8. The van der Waals surface area contributed by atoms with Crippen molar-refractivity contribution >= 4 is 17.4 Å². The molecule has 0 unspecified atom stereocenters. The molecule has 3 heterocycles. The Bertz CT molecular complexity index is 492. The monoisotopic (exact) mass is 338 g/mol. The molecule has 0 N–H and O–H groups in total. The lowest BCUT2D eigenvalue weighted by Crippen LogP contribution is -2.53. The van der Waals surface area contributed by atoms with Crippen LogP contribution < -0.4 is 0 Å². The summed E-state index contributed by atoms with van der Waals surface area (Å²) in [5.41, 5.74) is 0. The second-order valence-electron chi connectivity index (χ2n) is 6.54. The summed E-state index contributed by atoms with van der Waals surface area (Å²) in [6, 6.07) is 4.23. The van der Waals surface area contributed by atoms with Crippen molar-refractivity contribution in [2.24, 2.45) is 0 Å². The van der Waals surface area contributed by atoms with Crippen LogP contribution in [0.2, 0.25) is 0 Å². The van der Waals surface area contributed by atoms with Gasteiger partial charge < -0.3 is 19.3 Å². The van der Waals surface area contributed by atoms with Crippen molar-refractivity contribution in [3.8, 4) is 0 Å². The number of nitrogens with zero attached hydrogens (tertiary/aromatic N) is 2. The number of carbonyl (C=O) groups excluding carboxylic acids is 1. The first-order chi connectivity index (χ1) is 11.1. The van der Waals surface area contributed by atoms with Gasteiger partial charge >= 0.3 is 6.03 Å². The summed E-state index contributed by atoms with van der Waals surface area (Å²) in [5, 5.41) is 2.06. The van der Waals surface area contributed by atoms with E-state index in [-0.39, 0.29) is 24.3 Å². The van der Waals surface area contributed by atoms with Crippen molar-refractivity contribution < 1.29 is 14.3 Å². The van der Waals surface area contributed by atoms with Gasteiger partial charge in [0.1, 0.15) is 0 Å². The summed E-state index contributed by atoms with van der Waals surface area (Å²) < 4.78 is 11.5. The fourth-order valence-corrected chi connectivity index (χ4v) is 4.09. The molecule has 0 saturated carbocycles. The van der Waals surface area contributed by atoms with Crippen molar-refractivity contribution in [1.82, 2.24) is 9.80 Å². The molecule has 0 radical (unpaired) electrons. The molecule has 3 atom stereocenters. The maximum atomic E-state index is 13.0. The van der Waals surface area contributed by atoms with Crippen molar-refractivity contribution in [3.63, 3.8) is 0 Å². The largest absolute Gasteiger partial charge is 0.376 e. The van der Waals surface area contributed by atoms with E-state index in [1.807, 2.05) is 29.7 Å². The lowest BCUT2D eigenvalue weighted by Gasteiger charge is -2.38. The van der Waals surface area contributed by atoms with E-state index < -0.39 is 0 Å². The van der Waals surface area contributed by atoms with Crippen molar-refractivity contribution in [2.75, 3.05) is 26.2 Å². The lowest BCUT2D eigenvalue weighted by atomic mass is 10.2. The highest BCUT2D eigenvalue weighted by Crippen LogP contribution is 2.20. The van der Waals surface area contributed by atoms with Crippen LogP contribution in [0.25, 0.3) is 0 Å². The second-order valence-corrected chi connectivity index (χ2v) is 7.57. The van der Waals surface area contributed by atoms with Gasteiger partial charge in [0.15, 0.2) is 0 Å². The lowest BCUT2D eigenvalue weighted by molar-refractivity contribution is -0.0594. The van der Waals surface area contributed by atoms with E-state index in [1.54, 1.807) is 11.3 Å². The number of ether oxygens (including phenoxy) is 2. The van der Waals surface area contributed by atoms with E-state index in [2.05, 4.69) is 11.4 Å². The Morgan fingerprint density at radius 1 is 1.39 bits per heavy atom. The number of urea groups is 1. The van der Waals surface area contributed by atoms with Gasteiger partial charge in [-0.05, 0) is 38.1 Å². The quantitative estimate of drug-likeness (QED) is 0.848. The third-order valence-corrected chi connectivity index (χ3v) is 5.20. The van der Waals surface area contributed by atoms with Crippen LogP contribution in [0.5, 0.6) is 0 Å². The fraction of sp³-hybridized carbons (Fsp3) is 0.706. The maximum Gasteiger partial charge on any atom is 0.320 e. The number of hydrogen-bond acceptors (Lipinski definition) is 4. The fourth-order valence-electron chi connectivity index (χ4n) is 3.37. The summed E-state index contributed by atoms with van der Waals surface area (Å²) in [7, 11) is 0. The summed E-state index contributed by atoms with van der Waals surface area (Å²) in [6.45, 7) is 7.54. The molecule has 6 heteroatoms. The number of hydrogen-bond donors (Lipinski definition) is 0. The van der Waals surface area contributed by atoms with Crippen molar-refractivity contribution in [3.05, 3.63) is 22.4 Å². The Morgan fingerprint density at radius 2 is 2.17 bits per heavy atom. The van der Waals surface area contributed by atoms with Crippen LogP contribution in [0.15, 0.2) is 17.5 Å². The Kier molecular flexibility index (Phi) is 5.56. The molecule has 1 aromatic heterocycles. The average molecular weight is 338 g/mol. The molecular weight excluding hydrogens is 312 g/mol. The van der Waals surface area contributed by atoms with Crippen molar-refractivity contribution in [2.45, 2.75) is 51.5 Å². The molecule has 0 aliphatic carbocycles. The predicted molar refractivity (Wildman–Crippen MR) is 90.7 cm³/mol. The maximum absolute atomic E-state index is 13.0. The molecule has 2 saturated heterocycles. The second kappa shape index (κ2) is 7.64. The number of thiophene rings is 1. The molecule has 0 aromatic carbocycles. The molecule has 2 fully saturated rings. The first-order valence-corrected chi connectivity index (χ1v) is 9.33. The van der Waals surface area contributed by atoms with Gasteiger partial charge in [-0.25, -0.2) is 4.79 Å². The molecule has 23 heavy (non-hydrogen) atoms. The minimum absolute atomic E-state index is 0.0917. The molecule has 0 spiro atoms. The van der Waals surface area contributed by atoms with Gasteiger partial charge in [0.05, 0.1) is 24.9 Å². The number of morpholine rings is 1. The molecular formula is C17H26N2O3S. The minimum Gasteiger partial charge on any atom is -0.376 e. The Labute approximate surface area is 142 Å². The summed E-state index contributed by atoms with van der Waals surface area (Å²) in [5.74, 6) is 0. The molecule has 5 nitrogen and oxygen atoms in total. The normalized spacial score (nSPS) is 28.1. The van der Waals surface area contributed by atoms with E-state index >= 15 is 0 Å². The van der Waals surface area contributed by atoms with Crippen LogP contribution in [0, 0.1) is 0 Å². The number of amides is 2. The van der Waals surface area contributed by atoms with E-state index in [1.165, 1.54) is 4.88 Å². The highest BCUT2D eigenvalue weighted by atomic mass is 32.1. The van der Waals surface area contributed by atoms with Crippen LogP contribution in [0.4, 0.5) is 4.79 Å². The Balaban J connectivity index is 1.68. The van der Waals surface area contributed by atoms with Crippen LogP contribution >= 0.6 is 11.3 Å². The van der Waals surface area contributed by atoms with Gasteiger partial charge in [-0.15, -0.1) is 11.3 Å². The Hall–Kier alpha value is -1.11. The molecule has 2 aliphatic heterocycles. The molecule has 0 bridgehead atoms. The summed E-state index contributed by atoms with van der Waals surface area (Å²) >= 11 is 1.70. The molecule has 1 aromatic rings. The van der Waals surface area contributed by atoms with E-state index in [0.29, 0.717) is 26.2 Å². The Morgan fingerprint density at radius 3 is 2.78 bits per heavy atom. The van der Waals surface area contributed by atoms with Crippen molar-refractivity contribution in [1.29, 1.82) is 0 Å². The molecule has 2 aliphatic rings. The summed E-state index contributed by atoms with van der Waals surface area (Å²) in [4.78, 5) is 18.1. The SMILES string of the molecule is C[C@@H]1CN(C(=O)N(Cc2cccs2)C[C@@H]2CCCO2)C[C@@H](C)O1. The predicted octanol–water partition coefficient (Wildman–Crippen LogP) is 2.96.